The van der Waals surface area contributed by atoms with Crippen LogP contribution < -0.4 is 10.3 Å². The zero-order chi connectivity index (χ0) is 19.0. The van der Waals surface area contributed by atoms with Crippen molar-refractivity contribution in [3.05, 3.63) is 46.8 Å². The van der Waals surface area contributed by atoms with E-state index < -0.39 is 5.56 Å². The van der Waals surface area contributed by atoms with E-state index in [1.54, 1.807) is 24.3 Å². The third-order valence-electron chi connectivity index (χ3n) is 4.05. The van der Waals surface area contributed by atoms with Crippen LogP contribution in [-0.2, 0) is 0 Å². The molecule has 0 spiro atoms. The van der Waals surface area contributed by atoms with Gasteiger partial charge in [-0.3, -0.25) is 4.79 Å². The highest BCUT2D eigenvalue weighted by Gasteiger charge is 2.14. The van der Waals surface area contributed by atoms with Crippen molar-refractivity contribution in [3.8, 4) is 39.8 Å². The number of phenols is 2. The Morgan fingerprint density at radius 1 is 1.07 bits per heavy atom. The van der Waals surface area contributed by atoms with Crippen LogP contribution >= 0.6 is 0 Å². The molecule has 0 fully saturated rings. The molecule has 0 radical (unpaired) electrons. The lowest BCUT2D eigenvalue weighted by atomic mass is 10.0. The number of aromatic nitrogens is 5. The fourth-order valence-electron chi connectivity index (χ4n) is 2.76. The molecule has 2 aromatic carbocycles. The summed E-state index contributed by atoms with van der Waals surface area (Å²) in [5.41, 5.74) is 2.07. The Hall–Kier alpha value is -3.88. The lowest BCUT2D eigenvalue weighted by Crippen LogP contribution is -2.10. The van der Waals surface area contributed by atoms with Gasteiger partial charge in [0.2, 0.25) is 0 Å². The number of hydrogen-bond acceptors (Lipinski definition) is 7. The van der Waals surface area contributed by atoms with E-state index in [2.05, 4.69) is 25.4 Å². The van der Waals surface area contributed by atoms with E-state index in [-0.39, 0.29) is 22.7 Å². The first-order valence-corrected chi connectivity index (χ1v) is 8.17. The summed E-state index contributed by atoms with van der Waals surface area (Å²) in [6, 6.07) is 9.90. The Labute approximate surface area is 152 Å². The van der Waals surface area contributed by atoms with Gasteiger partial charge >= 0.3 is 0 Å². The smallest absolute Gasteiger partial charge is 0.281 e. The summed E-state index contributed by atoms with van der Waals surface area (Å²) >= 11 is 0. The van der Waals surface area contributed by atoms with Crippen LogP contribution in [0.25, 0.3) is 33.7 Å². The summed E-state index contributed by atoms with van der Waals surface area (Å²) in [4.78, 5) is 19.2. The van der Waals surface area contributed by atoms with Gasteiger partial charge in [0, 0.05) is 0 Å². The predicted molar refractivity (Wildman–Crippen MR) is 97.7 cm³/mol. The minimum Gasteiger partial charge on any atom is -0.504 e. The van der Waals surface area contributed by atoms with Gasteiger partial charge in [0.15, 0.2) is 22.7 Å². The van der Waals surface area contributed by atoms with Gasteiger partial charge in [-0.1, -0.05) is 17.3 Å². The normalized spacial score (nSPS) is 11.0. The van der Waals surface area contributed by atoms with Crippen LogP contribution in [0, 0.1) is 0 Å². The van der Waals surface area contributed by atoms with E-state index in [9.17, 15) is 15.0 Å². The molecule has 0 unspecified atom stereocenters. The van der Waals surface area contributed by atoms with Crippen LogP contribution in [0.3, 0.4) is 0 Å². The molecule has 0 aliphatic carbocycles. The van der Waals surface area contributed by atoms with Crippen LogP contribution in [0.2, 0.25) is 0 Å². The van der Waals surface area contributed by atoms with Crippen LogP contribution in [0.5, 0.6) is 17.2 Å². The molecule has 4 aromatic rings. The zero-order valence-electron chi connectivity index (χ0n) is 14.2. The minimum atomic E-state index is -0.404. The van der Waals surface area contributed by atoms with E-state index in [1.807, 2.05) is 6.92 Å². The van der Waals surface area contributed by atoms with Gasteiger partial charge in [-0.15, -0.1) is 5.10 Å². The van der Waals surface area contributed by atoms with E-state index in [0.717, 1.165) is 5.56 Å². The number of rotatable bonds is 4. The van der Waals surface area contributed by atoms with Crippen molar-refractivity contribution in [2.45, 2.75) is 6.92 Å². The minimum absolute atomic E-state index is 0.132. The van der Waals surface area contributed by atoms with Crippen LogP contribution in [0.1, 0.15) is 6.92 Å². The molecular weight excluding hydrogens is 350 g/mol. The van der Waals surface area contributed by atoms with Gasteiger partial charge in [0.1, 0.15) is 11.6 Å². The zero-order valence-corrected chi connectivity index (χ0v) is 14.2. The molecular formula is C18H15N5O4. The Bertz CT molecular complexity index is 1200. The fraction of sp³-hybridized carbons (Fsp3) is 0.111. The quantitative estimate of drug-likeness (QED) is 0.407. The lowest BCUT2D eigenvalue weighted by molar-refractivity contribution is 0.341. The molecule has 0 saturated carbocycles. The maximum atomic E-state index is 12.2. The number of H-pyrrole nitrogens is 2. The van der Waals surface area contributed by atoms with Crippen molar-refractivity contribution in [2.75, 3.05) is 6.61 Å². The summed E-state index contributed by atoms with van der Waals surface area (Å²) < 4.78 is 5.73. The second-order valence-electron chi connectivity index (χ2n) is 5.77. The van der Waals surface area contributed by atoms with Crippen molar-refractivity contribution >= 4 is 11.2 Å². The van der Waals surface area contributed by atoms with Gasteiger partial charge < -0.3 is 19.9 Å². The predicted octanol–water partition coefficient (Wildman–Crippen LogP) is 2.19. The maximum absolute atomic E-state index is 12.2. The first-order chi connectivity index (χ1) is 13.1. The molecule has 4 rings (SSSR count). The van der Waals surface area contributed by atoms with Crippen molar-refractivity contribution in [2.24, 2.45) is 0 Å². The first kappa shape index (κ1) is 16.6. The number of aromatic amines is 2. The molecule has 136 valence electrons. The molecule has 0 atom stereocenters. The highest BCUT2D eigenvalue weighted by atomic mass is 16.5. The molecule has 4 N–H and O–H groups in total. The van der Waals surface area contributed by atoms with Gasteiger partial charge in [-0.2, -0.15) is 0 Å². The van der Waals surface area contributed by atoms with E-state index in [0.29, 0.717) is 29.3 Å². The highest BCUT2D eigenvalue weighted by molar-refractivity contribution is 5.77. The summed E-state index contributed by atoms with van der Waals surface area (Å²) in [6.45, 7) is 2.26. The van der Waals surface area contributed by atoms with Crippen LogP contribution in [-0.4, -0.2) is 42.2 Å². The van der Waals surface area contributed by atoms with Crippen LogP contribution in [0.15, 0.2) is 41.2 Å². The first-order valence-electron chi connectivity index (χ1n) is 8.17. The van der Waals surface area contributed by atoms with Crippen molar-refractivity contribution in [1.29, 1.82) is 0 Å². The molecule has 0 saturated heterocycles. The summed E-state index contributed by atoms with van der Waals surface area (Å²) in [5, 5.41) is 29.1. The molecule has 2 aromatic heterocycles. The molecule has 2 heterocycles. The Balaban J connectivity index is 1.85. The third-order valence-corrected chi connectivity index (χ3v) is 4.05. The number of hydrogen-bond donors (Lipinski definition) is 4. The third kappa shape index (κ3) is 2.95. The van der Waals surface area contributed by atoms with E-state index in [4.69, 9.17) is 4.74 Å². The molecule has 0 aliphatic rings. The molecule has 9 heteroatoms. The maximum Gasteiger partial charge on any atom is 0.281 e. The molecule has 0 amide bonds. The molecule has 9 nitrogen and oxygen atoms in total. The Morgan fingerprint density at radius 2 is 1.85 bits per heavy atom. The van der Waals surface area contributed by atoms with Gasteiger partial charge in [0.25, 0.3) is 5.56 Å². The number of fused-ring (bicyclic) bond motifs is 1. The summed E-state index contributed by atoms with van der Waals surface area (Å²) in [7, 11) is 0. The molecule has 0 aliphatic heterocycles. The van der Waals surface area contributed by atoms with Gasteiger partial charge in [-0.25, -0.2) is 10.1 Å². The highest BCUT2D eigenvalue weighted by Crippen LogP contribution is 2.35. The number of nitrogens with zero attached hydrogens (tertiary/aromatic N) is 3. The van der Waals surface area contributed by atoms with Gasteiger partial charge in [-0.05, 0) is 42.3 Å². The standard InChI is InChI=1S/C18H15N5O4/c1-2-27-14-8-10(9-4-6-12(24)13(25)7-9)3-5-11(14)16-19-17-15(18(26)20-16)21-23-22-17/h3-8,24-25H,2H2,1H3,(H2,19,20,21,22,23,26). The van der Waals surface area contributed by atoms with E-state index >= 15 is 0 Å². The average Bonchev–Trinajstić information content (AvgIpc) is 3.13. The number of phenolic OH excluding ortho intramolecular Hbond substituents is 2. The summed E-state index contributed by atoms with van der Waals surface area (Å²) in [6.07, 6.45) is 0. The Morgan fingerprint density at radius 3 is 2.63 bits per heavy atom. The summed E-state index contributed by atoms with van der Waals surface area (Å²) in [5.74, 6) is 0.431. The topological polar surface area (TPSA) is 137 Å². The SMILES string of the molecule is CCOc1cc(-c2ccc(O)c(O)c2)ccc1-c1nc2[nH]nnc2c(=O)[nH]1. The van der Waals surface area contributed by atoms with Crippen molar-refractivity contribution in [3.63, 3.8) is 0 Å². The number of benzene rings is 2. The number of nitrogens with one attached hydrogen (secondary N) is 2. The number of aromatic hydroxyl groups is 2. The average molecular weight is 365 g/mol. The van der Waals surface area contributed by atoms with Crippen molar-refractivity contribution in [1.82, 2.24) is 25.4 Å². The lowest BCUT2D eigenvalue weighted by Gasteiger charge is -2.12. The molecule has 27 heavy (non-hydrogen) atoms. The Kier molecular flexibility index (Phi) is 3.96. The second-order valence-corrected chi connectivity index (χ2v) is 5.77. The largest absolute Gasteiger partial charge is 0.504 e. The van der Waals surface area contributed by atoms with Crippen LogP contribution in [0.4, 0.5) is 0 Å². The van der Waals surface area contributed by atoms with E-state index in [1.165, 1.54) is 12.1 Å². The monoisotopic (exact) mass is 365 g/mol. The number of ether oxygens (including phenoxy) is 1. The van der Waals surface area contributed by atoms with Crippen molar-refractivity contribution < 1.29 is 14.9 Å². The van der Waals surface area contributed by atoms with Gasteiger partial charge in [0.05, 0.1) is 12.2 Å². The fourth-order valence-corrected chi connectivity index (χ4v) is 2.76. The molecule has 0 bridgehead atoms. The second kappa shape index (κ2) is 6.45.